The van der Waals surface area contributed by atoms with Gasteiger partial charge in [-0.1, -0.05) is 29.8 Å². The molecule has 1 atom stereocenters. The predicted octanol–water partition coefficient (Wildman–Crippen LogP) is 3.05. The van der Waals surface area contributed by atoms with Crippen LogP contribution in [0.3, 0.4) is 0 Å². The Labute approximate surface area is 147 Å². The average molecular weight is 360 g/mol. The number of nitrogens with one attached hydrogen (secondary N) is 1. The molecule has 122 valence electrons. The molecular formula is C17H14ClN3O2S. The molecule has 0 fully saturated rings. The van der Waals surface area contributed by atoms with E-state index >= 15 is 0 Å². The molecular weight excluding hydrogens is 346 g/mol. The van der Waals surface area contributed by atoms with Crippen LogP contribution in [0.1, 0.15) is 5.56 Å². The highest BCUT2D eigenvalue weighted by Crippen LogP contribution is 2.25. The van der Waals surface area contributed by atoms with E-state index in [1.54, 1.807) is 42.6 Å². The Morgan fingerprint density at radius 1 is 1.25 bits per heavy atom. The van der Waals surface area contributed by atoms with Crippen LogP contribution in [0, 0.1) is 0 Å². The van der Waals surface area contributed by atoms with E-state index in [0.717, 1.165) is 5.56 Å². The van der Waals surface area contributed by atoms with Gasteiger partial charge < -0.3 is 9.87 Å². The molecule has 3 aromatic rings. The van der Waals surface area contributed by atoms with Crippen molar-refractivity contribution in [3.8, 4) is 0 Å². The maximum absolute atomic E-state index is 12.3. The number of halogens is 1. The van der Waals surface area contributed by atoms with E-state index in [9.17, 15) is 9.35 Å². The van der Waals surface area contributed by atoms with Gasteiger partial charge in [0.1, 0.15) is 0 Å². The van der Waals surface area contributed by atoms with Gasteiger partial charge in [0.05, 0.1) is 28.7 Å². The summed E-state index contributed by atoms with van der Waals surface area (Å²) >= 11 is 4.39. The highest BCUT2D eigenvalue weighted by atomic mass is 35.5. The second kappa shape index (κ2) is 7.19. The molecule has 3 rings (SSSR count). The van der Waals surface area contributed by atoms with Gasteiger partial charge in [-0.2, -0.15) is 0 Å². The molecule has 7 heteroatoms. The van der Waals surface area contributed by atoms with Crippen LogP contribution in [0.2, 0.25) is 5.02 Å². The topological polar surface area (TPSA) is 91.1 Å². The molecule has 24 heavy (non-hydrogen) atoms. The largest absolute Gasteiger partial charge is 0.593 e. The molecule has 0 spiro atoms. The summed E-state index contributed by atoms with van der Waals surface area (Å²) in [5.74, 6) is -0.230. The van der Waals surface area contributed by atoms with Crippen molar-refractivity contribution in [2.45, 2.75) is 11.3 Å². The van der Waals surface area contributed by atoms with E-state index in [1.165, 1.54) is 0 Å². The fraction of sp³-hybridized carbons (Fsp3) is 0.0588. The number of rotatable bonds is 4. The summed E-state index contributed by atoms with van der Waals surface area (Å²) in [6.07, 6.45) is 1.77. The van der Waals surface area contributed by atoms with Crippen LogP contribution in [0.15, 0.2) is 59.6 Å². The molecule has 0 aliphatic carbocycles. The highest BCUT2D eigenvalue weighted by Gasteiger charge is 2.15. The number of nitrogens with zero attached hydrogens (tertiary/aromatic N) is 1. The van der Waals surface area contributed by atoms with E-state index in [4.69, 9.17) is 16.7 Å². The van der Waals surface area contributed by atoms with Crippen molar-refractivity contribution >= 4 is 45.5 Å². The molecule has 1 amide bonds. The van der Waals surface area contributed by atoms with Gasteiger partial charge >= 0.3 is 0 Å². The van der Waals surface area contributed by atoms with E-state index in [2.05, 4.69) is 10.3 Å². The first-order valence-electron chi connectivity index (χ1n) is 7.13. The standard InChI is InChI=1S/C17H14ClN3O2S/c18-14-6-2-1-4-11(14)8-17(22)21-12-9-15-13(5-3-7-20-15)16(10-12)24(19)23/h1-7,9-10H,8,19H2,(H,21,22). The predicted molar refractivity (Wildman–Crippen MR) is 96.1 cm³/mol. The molecule has 3 N–H and O–H groups in total. The lowest BCUT2D eigenvalue weighted by molar-refractivity contribution is -0.115. The van der Waals surface area contributed by atoms with Crippen molar-refractivity contribution in [2.75, 3.05) is 5.32 Å². The van der Waals surface area contributed by atoms with Crippen molar-refractivity contribution in [2.24, 2.45) is 5.14 Å². The lowest BCUT2D eigenvalue weighted by atomic mass is 10.1. The summed E-state index contributed by atoms with van der Waals surface area (Å²) in [4.78, 5) is 16.9. The zero-order valence-electron chi connectivity index (χ0n) is 12.5. The van der Waals surface area contributed by atoms with Crippen molar-refractivity contribution in [1.29, 1.82) is 0 Å². The number of benzene rings is 2. The van der Waals surface area contributed by atoms with Gasteiger partial charge in [0, 0.05) is 23.0 Å². The van der Waals surface area contributed by atoms with Crippen LogP contribution in [-0.4, -0.2) is 15.4 Å². The zero-order chi connectivity index (χ0) is 17.1. The number of aromatic nitrogens is 1. The van der Waals surface area contributed by atoms with Crippen molar-refractivity contribution < 1.29 is 9.35 Å². The fourth-order valence-electron chi connectivity index (χ4n) is 2.41. The van der Waals surface area contributed by atoms with Crippen LogP contribution in [0.4, 0.5) is 5.69 Å². The fourth-order valence-corrected chi connectivity index (χ4v) is 3.24. The third-order valence-electron chi connectivity index (χ3n) is 3.49. The maximum Gasteiger partial charge on any atom is 0.228 e. The Kier molecular flexibility index (Phi) is 5.01. The Hall–Kier alpha value is -2.12. The van der Waals surface area contributed by atoms with E-state index in [1.807, 2.05) is 12.1 Å². The summed E-state index contributed by atoms with van der Waals surface area (Å²) in [5.41, 5.74) is 1.84. The number of pyridine rings is 1. The van der Waals surface area contributed by atoms with Crippen LogP contribution >= 0.6 is 11.6 Å². The van der Waals surface area contributed by atoms with Gasteiger partial charge in [-0.25, -0.2) is 0 Å². The number of anilines is 1. The number of amides is 1. The minimum atomic E-state index is -1.68. The van der Waals surface area contributed by atoms with Gasteiger partial charge in [-0.3, -0.25) is 9.78 Å². The molecule has 1 unspecified atom stereocenters. The minimum Gasteiger partial charge on any atom is -0.593 e. The second-order valence-electron chi connectivity index (χ2n) is 5.16. The molecule has 0 bridgehead atoms. The zero-order valence-corrected chi connectivity index (χ0v) is 14.1. The normalized spacial score (nSPS) is 12.1. The van der Waals surface area contributed by atoms with Crippen LogP contribution in [0.25, 0.3) is 10.9 Å². The van der Waals surface area contributed by atoms with Crippen molar-refractivity contribution in [1.82, 2.24) is 4.98 Å². The van der Waals surface area contributed by atoms with E-state index in [0.29, 0.717) is 26.5 Å². The van der Waals surface area contributed by atoms with Gasteiger partial charge in [0.15, 0.2) is 4.90 Å². The quantitative estimate of drug-likeness (QED) is 0.700. The van der Waals surface area contributed by atoms with Crippen LogP contribution in [-0.2, 0) is 22.6 Å². The number of carbonyl (C=O) groups is 1. The lowest BCUT2D eigenvalue weighted by Gasteiger charge is -2.11. The first kappa shape index (κ1) is 16.7. The van der Waals surface area contributed by atoms with Gasteiger partial charge in [-0.15, -0.1) is 5.14 Å². The Morgan fingerprint density at radius 2 is 2.04 bits per heavy atom. The van der Waals surface area contributed by atoms with Gasteiger partial charge in [-0.05, 0) is 29.8 Å². The molecule has 0 saturated heterocycles. The second-order valence-corrected chi connectivity index (χ2v) is 6.60. The molecule has 0 aliphatic heterocycles. The smallest absolute Gasteiger partial charge is 0.228 e. The molecule has 0 radical (unpaired) electrons. The van der Waals surface area contributed by atoms with E-state index < -0.39 is 11.4 Å². The summed E-state index contributed by atoms with van der Waals surface area (Å²) in [7, 11) is 0. The summed E-state index contributed by atoms with van der Waals surface area (Å²) in [6.45, 7) is 0. The third-order valence-corrected chi connectivity index (χ3v) is 4.63. The summed E-state index contributed by atoms with van der Waals surface area (Å²) < 4.78 is 11.8. The highest BCUT2D eigenvalue weighted by molar-refractivity contribution is 7.89. The molecule has 0 aliphatic rings. The Balaban J connectivity index is 1.87. The average Bonchev–Trinajstić information content (AvgIpc) is 2.56. The third kappa shape index (κ3) is 3.68. The summed E-state index contributed by atoms with van der Waals surface area (Å²) in [6, 6.07) is 14.0. The minimum absolute atomic E-state index is 0.140. The maximum atomic E-state index is 12.3. The number of carbonyl (C=O) groups excluding carboxylic acids is 1. The molecule has 1 heterocycles. The SMILES string of the molecule is N[S+]([O-])c1cc(NC(=O)Cc2ccccc2Cl)cc2ncccc12. The number of hydrogen-bond donors (Lipinski definition) is 2. The number of nitrogens with two attached hydrogens (primary N) is 1. The molecule has 5 nitrogen and oxygen atoms in total. The van der Waals surface area contributed by atoms with Gasteiger partial charge in [0.25, 0.3) is 0 Å². The first-order valence-corrected chi connectivity index (χ1v) is 8.72. The van der Waals surface area contributed by atoms with Crippen molar-refractivity contribution in [3.63, 3.8) is 0 Å². The van der Waals surface area contributed by atoms with Crippen LogP contribution < -0.4 is 10.5 Å². The van der Waals surface area contributed by atoms with Crippen LogP contribution in [0.5, 0.6) is 0 Å². The molecule has 1 aromatic heterocycles. The lowest BCUT2D eigenvalue weighted by Crippen LogP contribution is -2.17. The Morgan fingerprint density at radius 3 is 2.79 bits per heavy atom. The molecule has 0 saturated carbocycles. The number of fused-ring (bicyclic) bond motifs is 1. The van der Waals surface area contributed by atoms with Gasteiger partial charge in [0.2, 0.25) is 5.91 Å². The number of hydrogen-bond acceptors (Lipinski definition) is 4. The van der Waals surface area contributed by atoms with E-state index in [-0.39, 0.29) is 12.3 Å². The summed E-state index contributed by atoms with van der Waals surface area (Å²) in [5, 5.41) is 9.55. The molecule has 2 aromatic carbocycles. The van der Waals surface area contributed by atoms with Crippen molar-refractivity contribution in [3.05, 3.63) is 65.3 Å². The first-order chi connectivity index (χ1) is 11.5. The monoisotopic (exact) mass is 359 g/mol. The Bertz CT molecular complexity index is 902.